The highest BCUT2D eigenvalue weighted by molar-refractivity contribution is 8.14. The molecular formula is C21H23ClN4O2S. The van der Waals surface area contributed by atoms with Crippen molar-refractivity contribution in [3.8, 4) is 5.75 Å². The Morgan fingerprint density at radius 1 is 1.21 bits per heavy atom. The molecule has 3 rings (SSSR count). The van der Waals surface area contributed by atoms with Gasteiger partial charge < -0.3 is 10.1 Å². The second kappa shape index (κ2) is 9.80. The summed E-state index contributed by atoms with van der Waals surface area (Å²) < 4.78 is 5.80. The van der Waals surface area contributed by atoms with Crippen molar-refractivity contribution in [1.82, 2.24) is 5.01 Å². The van der Waals surface area contributed by atoms with E-state index in [1.165, 1.54) is 17.3 Å². The van der Waals surface area contributed by atoms with Crippen LogP contribution in [0.4, 0.5) is 5.69 Å². The van der Waals surface area contributed by atoms with Gasteiger partial charge in [-0.05, 0) is 47.9 Å². The van der Waals surface area contributed by atoms with E-state index in [-0.39, 0.29) is 11.7 Å². The third-order valence-electron chi connectivity index (χ3n) is 4.08. The third-order valence-corrected chi connectivity index (χ3v) is 5.17. The molecule has 29 heavy (non-hydrogen) atoms. The first kappa shape index (κ1) is 21.2. The minimum atomic E-state index is -0.112. The first-order valence-corrected chi connectivity index (χ1v) is 10.6. The van der Waals surface area contributed by atoms with Crippen molar-refractivity contribution in [2.45, 2.75) is 19.8 Å². The maximum atomic E-state index is 12.3. The highest BCUT2D eigenvalue weighted by Crippen LogP contribution is 2.19. The number of anilines is 1. The molecule has 1 aliphatic rings. The lowest BCUT2D eigenvalue weighted by Gasteiger charge is -2.20. The number of aliphatic imine (C=N–C) groups is 1. The molecule has 1 heterocycles. The highest BCUT2D eigenvalue weighted by atomic mass is 35.5. The van der Waals surface area contributed by atoms with Gasteiger partial charge in [-0.15, -0.1) is 5.10 Å². The van der Waals surface area contributed by atoms with Gasteiger partial charge in [-0.3, -0.25) is 9.80 Å². The molecule has 0 aromatic heterocycles. The predicted octanol–water partition coefficient (Wildman–Crippen LogP) is 4.83. The molecule has 0 fully saturated rings. The number of halogens is 1. The number of nitrogens with zero attached hydrogens (tertiary/aromatic N) is 3. The molecule has 1 N–H and O–H groups in total. The van der Waals surface area contributed by atoms with E-state index in [1.54, 1.807) is 29.3 Å². The van der Waals surface area contributed by atoms with E-state index in [9.17, 15) is 4.79 Å². The Labute approximate surface area is 180 Å². The molecule has 6 nitrogen and oxygen atoms in total. The number of benzene rings is 2. The maximum absolute atomic E-state index is 12.3. The number of nitrogens with one attached hydrogen (secondary N) is 1. The summed E-state index contributed by atoms with van der Waals surface area (Å²) in [7, 11) is 1.83. The van der Waals surface area contributed by atoms with Gasteiger partial charge in [0.2, 0.25) is 17.0 Å². The molecule has 0 atom stereocenters. The van der Waals surface area contributed by atoms with E-state index in [1.807, 2.05) is 31.3 Å². The summed E-state index contributed by atoms with van der Waals surface area (Å²) in [5, 5.41) is 10.1. The van der Waals surface area contributed by atoms with Crippen LogP contribution in [-0.2, 0) is 4.79 Å². The largest absolute Gasteiger partial charge is 0.441 e. The zero-order chi connectivity index (χ0) is 20.8. The topological polar surface area (TPSA) is 66.3 Å². The fraction of sp³-hybridized carbons (Fsp3) is 0.286. The Balaban J connectivity index is 1.55. The van der Waals surface area contributed by atoms with Crippen LogP contribution in [0.1, 0.15) is 25.3 Å². The second-order valence-electron chi connectivity index (χ2n) is 6.87. The smallest absolute Gasteiger partial charge is 0.234 e. The van der Waals surface area contributed by atoms with Gasteiger partial charge in [0.05, 0.1) is 5.75 Å². The molecule has 0 saturated heterocycles. The minimum absolute atomic E-state index is 0.112. The van der Waals surface area contributed by atoms with Crippen molar-refractivity contribution in [1.29, 1.82) is 0 Å². The van der Waals surface area contributed by atoms with E-state index >= 15 is 0 Å². The molecule has 0 spiro atoms. The SMILES string of the molecule is CC(C)c1ccc(NC(=O)CSC2=NN(C)CC(Oc3ccc(Cl)cc3)=N2)cc1. The highest BCUT2D eigenvalue weighted by Gasteiger charge is 2.16. The Bertz CT molecular complexity index is 911. The Morgan fingerprint density at radius 3 is 2.55 bits per heavy atom. The van der Waals surface area contributed by atoms with E-state index in [4.69, 9.17) is 16.3 Å². The molecule has 1 amide bonds. The number of ether oxygens (including phenoxy) is 1. The Hall–Kier alpha value is -2.51. The first-order valence-electron chi connectivity index (χ1n) is 9.22. The maximum Gasteiger partial charge on any atom is 0.234 e. The summed E-state index contributed by atoms with van der Waals surface area (Å²) in [6.07, 6.45) is 0. The van der Waals surface area contributed by atoms with Crippen molar-refractivity contribution in [3.63, 3.8) is 0 Å². The van der Waals surface area contributed by atoms with Crippen LogP contribution >= 0.6 is 23.4 Å². The number of amidine groups is 1. The van der Waals surface area contributed by atoms with Crippen molar-refractivity contribution < 1.29 is 9.53 Å². The quantitative estimate of drug-likeness (QED) is 0.737. The summed E-state index contributed by atoms with van der Waals surface area (Å²) in [6, 6.07) is 15.0. The number of hydrogen-bond donors (Lipinski definition) is 1. The van der Waals surface area contributed by atoms with Crippen LogP contribution in [0.2, 0.25) is 5.02 Å². The average molecular weight is 431 g/mol. The number of likely N-dealkylation sites (N-methyl/N-ethyl adjacent to an activating group) is 1. The van der Waals surface area contributed by atoms with Crippen LogP contribution in [0, 0.1) is 0 Å². The molecular weight excluding hydrogens is 408 g/mol. The van der Waals surface area contributed by atoms with E-state index in [0.717, 1.165) is 5.69 Å². The van der Waals surface area contributed by atoms with Gasteiger partial charge >= 0.3 is 0 Å². The number of hydrazone groups is 1. The zero-order valence-electron chi connectivity index (χ0n) is 16.6. The number of thioether (sulfide) groups is 1. The third kappa shape index (κ3) is 6.51. The molecule has 152 valence electrons. The molecule has 8 heteroatoms. The van der Waals surface area contributed by atoms with Crippen molar-refractivity contribution in [3.05, 3.63) is 59.1 Å². The molecule has 0 aliphatic carbocycles. The van der Waals surface area contributed by atoms with E-state index < -0.39 is 0 Å². The number of carbonyl (C=O) groups is 1. The summed E-state index contributed by atoms with van der Waals surface area (Å²) in [5.74, 6) is 1.71. The Morgan fingerprint density at radius 2 is 1.90 bits per heavy atom. The van der Waals surface area contributed by atoms with Gasteiger partial charge in [-0.2, -0.15) is 4.99 Å². The average Bonchev–Trinajstić information content (AvgIpc) is 2.68. The van der Waals surface area contributed by atoms with Crippen LogP contribution in [0.3, 0.4) is 0 Å². The Kier molecular flexibility index (Phi) is 7.17. The number of hydrogen-bond acceptors (Lipinski definition) is 6. The first-order chi connectivity index (χ1) is 13.9. The van der Waals surface area contributed by atoms with Crippen LogP contribution < -0.4 is 10.1 Å². The minimum Gasteiger partial charge on any atom is -0.441 e. The van der Waals surface area contributed by atoms with Gasteiger partial charge in [0.15, 0.2) is 0 Å². The molecule has 0 radical (unpaired) electrons. The van der Waals surface area contributed by atoms with Gasteiger partial charge in [0.25, 0.3) is 0 Å². The fourth-order valence-corrected chi connectivity index (χ4v) is 3.40. The standard InChI is InChI=1S/C21H23ClN4O2S/c1-14(2)15-4-8-17(9-5-15)23-19(27)13-29-21-24-20(12-26(3)25-21)28-18-10-6-16(22)7-11-18/h4-11,14H,12-13H2,1-3H3,(H,23,27). The van der Waals surface area contributed by atoms with Crippen molar-refractivity contribution in [2.24, 2.45) is 10.1 Å². The summed E-state index contributed by atoms with van der Waals surface area (Å²) >= 11 is 7.16. The molecule has 0 unspecified atom stereocenters. The normalized spacial score (nSPS) is 13.8. The number of rotatable bonds is 5. The zero-order valence-corrected chi connectivity index (χ0v) is 18.1. The molecule has 1 aliphatic heterocycles. The van der Waals surface area contributed by atoms with Crippen LogP contribution in [0.5, 0.6) is 5.75 Å². The molecule has 0 saturated carbocycles. The second-order valence-corrected chi connectivity index (χ2v) is 8.25. The monoisotopic (exact) mass is 430 g/mol. The number of amides is 1. The predicted molar refractivity (Wildman–Crippen MR) is 121 cm³/mol. The fourth-order valence-electron chi connectivity index (χ4n) is 2.57. The molecule has 0 bridgehead atoms. The molecule has 2 aromatic rings. The summed E-state index contributed by atoms with van der Waals surface area (Å²) in [4.78, 5) is 16.7. The lowest BCUT2D eigenvalue weighted by atomic mass is 10.0. The van der Waals surface area contributed by atoms with Crippen molar-refractivity contribution in [2.75, 3.05) is 24.7 Å². The van der Waals surface area contributed by atoms with Crippen LogP contribution in [-0.4, -0.2) is 41.3 Å². The van der Waals surface area contributed by atoms with Gasteiger partial charge in [-0.1, -0.05) is 49.3 Å². The summed E-state index contributed by atoms with van der Waals surface area (Å²) in [6.45, 7) is 4.72. The molecule has 2 aromatic carbocycles. The van der Waals surface area contributed by atoms with Gasteiger partial charge in [0, 0.05) is 17.8 Å². The van der Waals surface area contributed by atoms with Crippen LogP contribution in [0.25, 0.3) is 0 Å². The van der Waals surface area contributed by atoms with E-state index in [0.29, 0.717) is 34.3 Å². The van der Waals surface area contributed by atoms with Gasteiger partial charge in [0.1, 0.15) is 12.3 Å². The van der Waals surface area contributed by atoms with E-state index in [2.05, 4.69) is 29.3 Å². The van der Waals surface area contributed by atoms with Crippen molar-refractivity contribution >= 4 is 46.0 Å². The van der Waals surface area contributed by atoms with Crippen LogP contribution in [0.15, 0.2) is 58.6 Å². The lowest BCUT2D eigenvalue weighted by Crippen LogP contribution is -2.31. The number of carbonyl (C=O) groups excluding carboxylic acids is 1. The van der Waals surface area contributed by atoms with Gasteiger partial charge in [-0.25, -0.2) is 0 Å². The lowest BCUT2D eigenvalue weighted by molar-refractivity contribution is -0.113. The summed E-state index contributed by atoms with van der Waals surface area (Å²) in [5.41, 5.74) is 2.01.